The van der Waals surface area contributed by atoms with Crippen LogP contribution >= 0.6 is 27.3 Å². The van der Waals surface area contributed by atoms with Crippen molar-refractivity contribution < 1.29 is 0 Å². The molecular formula is C12H21BrN2S. The first-order valence-corrected chi connectivity index (χ1v) is 7.68. The highest BCUT2D eigenvalue weighted by Gasteiger charge is 2.14. The molecule has 0 spiro atoms. The quantitative estimate of drug-likeness (QED) is 0.747. The number of nitrogens with zero attached hydrogens (tertiary/aromatic N) is 2. The molecule has 0 saturated heterocycles. The zero-order valence-electron chi connectivity index (χ0n) is 10.5. The molecule has 16 heavy (non-hydrogen) atoms. The van der Waals surface area contributed by atoms with Crippen molar-refractivity contribution in [3.8, 4) is 0 Å². The molecule has 1 heterocycles. The molecular weight excluding hydrogens is 284 g/mol. The summed E-state index contributed by atoms with van der Waals surface area (Å²) in [6, 6.07) is 0. The van der Waals surface area contributed by atoms with Crippen molar-refractivity contribution >= 4 is 27.3 Å². The van der Waals surface area contributed by atoms with Gasteiger partial charge >= 0.3 is 0 Å². The number of halogens is 1. The molecule has 0 aromatic carbocycles. The van der Waals surface area contributed by atoms with E-state index in [9.17, 15) is 0 Å². The minimum atomic E-state index is 0.713. The maximum atomic E-state index is 4.49. The first-order chi connectivity index (χ1) is 7.52. The SMILES string of the molecule is Cc1nc(CN(C)CC(CBr)C(C)C)cs1. The number of hydrogen-bond donors (Lipinski definition) is 0. The molecule has 0 aliphatic rings. The van der Waals surface area contributed by atoms with Crippen LogP contribution in [0.25, 0.3) is 0 Å². The summed E-state index contributed by atoms with van der Waals surface area (Å²) in [6.45, 7) is 8.71. The van der Waals surface area contributed by atoms with Gasteiger partial charge in [0.25, 0.3) is 0 Å². The smallest absolute Gasteiger partial charge is 0.0897 e. The van der Waals surface area contributed by atoms with Crippen LogP contribution in [-0.2, 0) is 6.54 Å². The van der Waals surface area contributed by atoms with Crippen LogP contribution < -0.4 is 0 Å². The van der Waals surface area contributed by atoms with Crippen LogP contribution in [0.2, 0.25) is 0 Å². The van der Waals surface area contributed by atoms with Crippen LogP contribution in [0.1, 0.15) is 24.5 Å². The Hall–Kier alpha value is 0.0700. The number of alkyl halides is 1. The zero-order chi connectivity index (χ0) is 12.1. The van der Waals surface area contributed by atoms with Gasteiger partial charge in [-0.25, -0.2) is 4.98 Å². The third kappa shape index (κ3) is 4.52. The second-order valence-electron chi connectivity index (χ2n) is 4.71. The van der Waals surface area contributed by atoms with Gasteiger partial charge in [0.05, 0.1) is 10.7 Å². The average molecular weight is 305 g/mol. The molecule has 0 saturated carbocycles. The van der Waals surface area contributed by atoms with Gasteiger partial charge < -0.3 is 4.90 Å². The molecule has 0 aliphatic heterocycles. The minimum absolute atomic E-state index is 0.713. The Bertz CT molecular complexity index is 312. The molecule has 1 rings (SSSR count). The fourth-order valence-electron chi connectivity index (χ4n) is 1.66. The van der Waals surface area contributed by atoms with E-state index >= 15 is 0 Å². The summed E-state index contributed by atoms with van der Waals surface area (Å²) < 4.78 is 0. The van der Waals surface area contributed by atoms with Gasteiger partial charge in [-0.2, -0.15) is 0 Å². The van der Waals surface area contributed by atoms with Crippen LogP contribution in [0.4, 0.5) is 0 Å². The van der Waals surface area contributed by atoms with E-state index in [1.54, 1.807) is 11.3 Å². The summed E-state index contributed by atoms with van der Waals surface area (Å²) in [4.78, 5) is 6.86. The fourth-order valence-corrected chi connectivity index (χ4v) is 3.22. The van der Waals surface area contributed by atoms with E-state index in [0.29, 0.717) is 5.92 Å². The molecule has 0 amide bonds. The van der Waals surface area contributed by atoms with Crippen molar-refractivity contribution in [1.82, 2.24) is 9.88 Å². The highest BCUT2D eigenvalue weighted by molar-refractivity contribution is 9.09. The first-order valence-electron chi connectivity index (χ1n) is 5.68. The maximum absolute atomic E-state index is 4.49. The van der Waals surface area contributed by atoms with Crippen LogP contribution in [0.3, 0.4) is 0 Å². The second kappa shape index (κ2) is 6.72. The topological polar surface area (TPSA) is 16.1 Å². The maximum Gasteiger partial charge on any atom is 0.0897 e. The van der Waals surface area contributed by atoms with Gasteiger partial charge in [0.2, 0.25) is 0 Å². The molecule has 0 N–H and O–H groups in total. The van der Waals surface area contributed by atoms with Crippen molar-refractivity contribution in [1.29, 1.82) is 0 Å². The summed E-state index contributed by atoms with van der Waals surface area (Å²) in [6.07, 6.45) is 0. The van der Waals surface area contributed by atoms with Crippen molar-refractivity contribution in [2.75, 3.05) is 18.9 Å². The second-order valence-corrected chi connectivity index (χ2v) is 6.42. The molecule has 1 aromatic rings. The number of aromatic nitrogens is 1. The minimum Gasteiger partial charge on any atom is -0.300 e. The van der Waals surface area contributed by atoms with Gasteiger partial charge in [0.1, 0.15) is 0 Å². The van der Waals surface area contributed by atoms with E-state index in [0.717, 1.165) is 29.3 Å². The molecule has 2 nitrogen and oxygen atoms in total. The average Bonchev–Trinajstić information content (AvgIpc) is 2.60. The third-order valence-electron chi connectivity index (χ3n) is 2.79. The standard InChI is InChI=1S/C12H21BrN2S/c1-9(2)11(5-13)6-15(4)7-12-8-16-10(3)14-12/h8-9,11H,5-7H2,1-4H3. The summed E-state index contributed by atoms with van der Waals surface area (Å²) >= 11 is 5.32. The van der Waals surface area contributed by atoms with Crippen LogP contribution in [0.15, 0.2) is 5.38 Å². The largest absolute Gasteiger partial charge is 0.300 e. The molecule has 0 bridgehead atoms. The molecule has 92 valence electrons. The molecule has 1 atom stereocenters. The van der Waals surface area contributed by atoms with Crippen molar-refractivity contribution in [3.63, 3.8) is 0 Å². The number of rotatable bonds is 6. The van der Waals surface area contributed by atoms with E-state index in [-0.39, 0.29) is 0 Å². The van der Waals surface area contributed by atoms with Gasteiger partial charge in [-0.05, 0) is 25.8 Å². The highest BCUT2D eigenvalue weighted by Crippen LogP contribution is 2.16. The van der Waals surface area contributed by atoms with Gasteiger partial charge in [-0.15, -0.1) is 11.3 Å². The summed E-state index contributed by atoms with van der Waals surface area (Å²) in [7, 11) is 2.17. The van der Waals surface area contributed by atoms with E-state index in [1.807, 2.05) is 0 Å². The monoisotopic (exact) mass is 304 g/mol. The Morgan fingerprint density at radius 3 is 2.62 bits per heavy atom. The molecule has 0 aliphatic carbocycles. The number of thiazole rings is 1. The lowest BCUT2D eigenvalue weighted by Crippen LogP contribution is -2.29. The first kappa shape index (κ1) is 14.1. The number of hydrogen-bond acceptors (Lipinski definition) is 3. The molecule has 1 aromatic heterocycles. The molecule has 1 unspecified atom stereocenters. The predicted octanol–water partition coefficient (Wildman–Crippen LogP) is 3.55. The van der Waals surface area contributed by atoms with E-state index in [2.05, 4.69) is 59.0 Å². The lowest BCUT2D eigenvalue weighted by molar-refractivity contribution is 0.245. The summed E-state index contributed by atoms with van der Waals surface area (Å²) in [5.41, 5.74) is 1.20. The van der Waals surface area contributed by atoms with E-state index in [1.165, 1.54) is 5.69 Å². The third-order valence-corrected chi connectivity index (χ3v) is 4.44. The van der Waals surface area contributed by atoms with Crippen LogP contribution in [-0.4, -0.2) is 28.8 Å². The van der Waals surface area contributed by atoms with Crippen molar-refractivity contribution in [2.24, 2.45) is 11.8 Å². The fraction of sp³-hybridized carbons (Fsp3) is 0.750. The van der Waals surface area contributed by atoms with Gasteiger partial charge in [0, 0.05) is 23.8 Å². The molecule has 0 radical (unpaired) electrons. The van der Waals surface area contributed by atoms with Crippen LogP contribution in [0.5, 0.6) is 0 Å². The Kier molecular flexibility index (Phi) is 5.94. The Morgan fingerprint density at radius 1 is 1.50 bits per heavy atom. The van der Waals surface area contributed by atoms with Crippen LogP contribution in [0, 0.1) is 18.8 Å². The van der Waals surface area contributed by atoms with Gasteiger partial charge in [0.15, 0.2) is 0 Å². The lowest BCUT2D eigenvalue weighted by Gasteiger charge is -2.24. The Labute approximate surface area is 111 Å². The highest BCUT2D eigenvalue weighted by atomic mass is 79.9. The zero-order valence-corrected chi connectivity index (χ0v) is 12.9. The van der Waals surface area contributed by atoms with E-state index < -0.39 is 0 Å². The van der Waals surface area contributed by atoms with E-state index in [4.69, 9.17) is 0 Å². The van der Waals surface area contributed by atoms with Gasteiger partial charge in [-0.3, -0.25) is 0 Å². The lowest BCUT2D eigenvalue weighted by atomic mass is 9.98. The number of aryl methyl sites for hydroxylation is 1. The summed E-state index contributed by atoms with van der Waals surface area (Å²) in [5.74, 6) is 1.43. The van der Waals surface area contributed by atoms with Gasteiger partial charge in [-0.1, -0.05) is 29.8 Å². The Balaban J connectivity index is 2.43. The predicted molar refractivity (Wildman–Crippen MR) is 75.3 cm³/mol. The molecule has 0 fully saturated rings. The van der Waals surface area contributed by atoms with Crippen molar-refractivity contribution in [3.05, 3.63) is 16.1 Å². The molecule has 4 heteroatoms. The Morgan fingerprint density at radius 2 is 2.19 bits per heavy atom. The normalized spacial score (nSPS) is 13.7. The summed E-state index contributed by atoms with van der Waals surface area (Å²) in [5, 5.41) is 4.39. The van der Waals surface area contributed by atoms with Crippen molar-refractivity contribution in [2.45, 2.75) is 27.3 Å².